The molecule has 1 aromatic rings. The standard InChI is InChI=1S/C15H22ClN3/c1-2-19(12-6-4-3-5-7-12)14-10-11(16)8-9-13(14)15(17)18/h8-10,12H,2-7H2,1H3,(H3,17,18). The van der Waals surface area contributed by atoms with Crippen molar-refractivity contribution in [2.75, 3.05) is 11.4 Å². The Labute approximate surface area is 120 Å². The molecule has 1 aliphatic rings. The number of nitrogens with two attached hydrogens (primary N) is 1. The van der Waals surface area contributed by atoms with Crippen molar-refractivity contribution in [3.05, 3.63) is 28.8 Å². The quantitative estimate of drug-likeness (QED) is 0.651. The molecule has 0 saturated heterocycles. The lowest BCUT2D eigenvalue weighted by Crippen LogP contribution is -2.38. The number of hydrogen-bond donors (Lipinski definition) is 2. The van der Waals surface area contributed by atoms with Gasteiger partial charge in [-0.15, -0.1) is 0 Å². The summed E-state index contributed by atoms with van der Waals surface area (Å²) >= 11 is 6.12. The van der Waals surface area contributed by atoms with E-state index in [-0.39, 0.29) is 5.84 Å². The Kier molecular flexibility index (Phi) is 4.70. The topological polar surface area (TPSA) is 53.1 Å². The van der Waals surface area contributed by atoms with Gasteiger partial charge in [-0.25, -0.2) is 0 Å². The SMILES string of the molecule is CCN(c1cc(Cl)ccc1C(=N)N)C1CCCCC1. The zero-order chi connectivity index (χ0) is 13.8. The van der Waals surface area contributed by atoms with E-state index in [0.29, 0.717) is 11.1 Å². The number of halogens is 1. The lowest BCUT2D eigenvalue weighted by molar-refractivity contribution is 0.418. The molecule has 0 amide bonds. The summed E-state index contributed by atoms with van der Waals surface area (Å²) in [6.45, 7) is 3.07. The fourth-order valence-corrected chi connectivity index (χ4v) is 3.15. The van der Waals surface area contributed by atoms with E-state index >= 15 is 0 Å². The van der Waals surface area contributed by atoms with Crippen LogP contribution in [0.5, 0.6) is 0 Å². The van der Waals surface area contributed by atoms with Crippen molar-refractivity contribution in [1.82, 2.24) is 0 Å². The first-order valence-corrected chi connectivity index (χ1v) is 7.42. The van der Waals surface area contributed by atoms with Crippen LogP contribution in [0.3, 0.4) is 0 Å². The molecule has 1 aromatic carbocycles. The summed E-state index contributed by atoms with van der Waals surface area (Å²) < 4.78 is 0. The molecule has 1 aliphatic carbocycles. The first kappa shape index (κ1) is 14.2. The van der Waals surface area contributed by atoms with Gasteiger partial charge in [0, 0.05) is 28.9 Å². The predicted molar refractivity (Wildman–Crippen MR) is 82.4 cm³/mol. The molecule has 0 heterocycles. The normalized spacial score (nSPS) is 16.3. The third kappa shape index (κ3) is 3.21. The molecule has 0 spiro atoms. The maximum Gasteiger partial charge on any atom is 0.124 e. The highest BCUT2D eigenvalue weighted by molar-refractivity contribution is 6.31. The van der Waals surface area contributed by atoms with Gasteiger partial charge in [0.1, 0.15) is 5.84 Å². The Balaban J connectivity index is 2.35. The lowest BCUT2D eigenvalue weighted by Gasteiger charge is -2.36. The van der Waals surface area contributed by atoms with Crippen LogP contribution in [0, 0.1) is 5.41 Å². The maximum atomic E-state index is 7.74. The van der Waals surface area contributed by atoms with E-state index in [9.17, 15) is 0 Å². The molecule has 0 unspecified atom stereocenters. The lowest BCUT2D eigenvalue weighted by atomic mass is 9.93. The number of hydrogen-bond acceptors (Lipinski definition) is 2. The van der Waals surface area contributed by atoms with E-state index < -0.39 is 0 Å². The highest BCUT2D eigenvalue weighted by Gasteiger charge is 2.22. The molecule has 4 heteroatoms. The van der Waals surface area contributed by atoms with Crippen molar-refractivity contribution in [3.8, 4) is 0 Å². The van der Waals surface area contributed by atoms with Gasteiger partial charge in [-0.05, 0) is 38.0 Å². The van der Waals surface area contributed by atoms with Crippen LogP contribution in [0.4, 0.5) is 5.69 Å². The Morgan fingerprint density at radius 2 is 2.05 bits per heavy atom. The van der Waals surface area contributed by atoms with Gasteiger partial charge in [0.15, 0.2) is 0 Å². The molecule has 104 valence electrons. The fraction of sp³-hybridized carbons (Fsp3) is 0.533. The molecule has 19 heavy (non-hydrogen) atoms. The van der Waals surface area contributed by atoms with E-state index in [0.717, 1.165) is 17.8 Å². The summed E-state index contributed by atoms with van der Waals surface area (Å²) in [5.74, 6) is 0.112. The van der Waals surface area contributed by atoms with Crippen LogP contribution in [-0.4, -0.2) is 18.4 Å². The Morgan fingerprint density at radius 3 is 2.63 bits per heavy atom. The average Bonchev–Trinajstić information content (AvgIpc) is 2.40. The van der Waals surface area contributed by atoms with Gasteiger partial charge < -0.3 is 10.6 Å². The summed E-state index contributed by atoms with van der Waals surface area (Å²) in [5.41, 5.74) is 7.50. The van der Waals surface area contributed by atoms with Crippen LogP contribution in [0.25, 0.3) is 0 Å². The van der Waals surface area contributed by atoms with Gasteiger partial charge in [0.2, 0.25) is 0 Å². The van der Waals surface area contributed by atoms with E-state index in [1.165, 1.54) is 32.1 Å². The molecule has 2 rings (SSSR count). The van der Waals surface area contributed by atoms with Crippen LogP contribution < -0.4 is 10.6 Å². The number of rotatable bonds is 4. The van der Waals surface area contributed by atoms with Crippen LogP contribution in [0.1, 0.15) is 44.6 Å². The van der Waals surface area contributed by atoms with Gasteiger partial charge in [0.25, 0.3) is 0 Å². The largest absolute Gasteiger partial charge is 0.384 e. The van der Waals surface area contributed by atoms with E-state index in [4.69, 9.17) is 22.7 Å². The summed E-state index contributed by atoms with van der Waals surface area (Å²) in [5, 5.41) is 8.44. The average molecular weight is 280 g/mol. The van der Waals surface area contributed by atoms with Gasteiger partial charge in [-0.1, -0.05) is 30.9 Å². The molecule has 0 aliphatic heterocycles. The first-order chi connectivity index (χ1) is 9.13. The summed E-state index contributed by atoms with van der Waals surface area (Å²) in [6.07, 6.45) is 6.35. The summed E-state index contributed by atoms with van der Waals surface area (Å²) in [4.78, 5) is 2.36. The number of nitrogen functional groups attached to an aromatic ring is 1. The number of amidine groups is 1. The van der Waals surface area contributed by atoms with Crippen LogP contribution >= 0.6 is 11.6 Å². The van der Waals surface area contributed by atoms with Crippen molar-refractivity contribution in [2.45, 2.75) is 45.1 Å². The molecule has 3 N–H and O–H groups in total. The van der Waals surface area contributed by atoms with Gasteiger partial charge in [-0.3, -0.25) is 5.41 Å². The highest BCUT2D eigenvalue weighted by atomic mass is 35.5. The predicted octanol–water partition coefficient (Wildman–Crippen LogP) is 3.78. The molecule has 0 bridgehead atoms. The maximum absolute atomic E-state index is 7.74. The summed E-state index contributed by atoms with van der Waals surface area (Å²) in [7, 11) is 0. The summed E-state index contributed by atoms with van der Waals surface area (Å²) in [6, 6.07) is 6.15. The molecular formula is C15H22ClN3. The van der Waals surface area contributed by atoms with Crippen molar-refractivity contribution < 1.29 is 0 Å². The fourth-order valence-electron chi connectivity index (χ4n) is 2.99. The molecule has 0 radical (unpaired) electrons. The van der Waals surface area contributed by atoms with E-state index in [1.807, 2.05) is 12.1 Å². The number of anilines is 1. The molecule has 0 atom stereocenters. The minimum atomic E-state index is 0.112. The second-order valence-corrected chi connectivity index (χ2v) is 5.59. The van der Waals surface area contributed by atoms with Crippen LogP contribution in [-0.2, 0) is 0 Å². The Morgan fingerprint density at radius 1 is 1.37 bits per heavy atom. The smallest absolute Gasteiger partial charge is 0.124 e. The monoisotopic (exact) mass is 279 g/mol. The molecule has 0 aromatic heterocycles. The second kappa shape index (κ2) is 6.29. The van der Waals surface area contributed by atoms with Crippen molar-refractivity contribution in [3.63, 3.8) is 0 Å². The van der Waals surface area contributed by atoms with E-state index in [2.05, 4.69) is 11.8 Å². The third-order valence-corrected chi connectivity index (χ3v) is 4.15. The number of benzene rings is 1. The van der Waals surface area contributed by atoms with E-state index in [1.54, 1.807) is 6.07 Å². The van der Waals surface area contributed by atoms with Crippen LogP contribution in [0.15, 0.2) is 18.2 Å². The Hall–Kier alpha value is -1.22. The highest BCUT2D eigenvalue weighted by Crippen LogP contribution is 2.31. The number of nitrogens with one attached hydrogen (secondary N) is 1. The van der Waals surface area contributed by atoms with Crippen molar-refractivity contribution in [2.24, 2.45) is 5.73 Å². The van der Waals surface area contributed by atoms with Crippen molar-refractivity contribution >= 4 is 23.1 Å². The minimum Gasteiger partial charge on any atom is -0.384 e. The zero-order valence-electron chi connectivity index (χ0n) is 11.5. The van der Waals surface area contributed by atoms with Gasteiger partial charge in [-0.2, -0.15) is 0 Å². The van der Waals surface area contributed by atoms with Crippen molar-refractivity contribution in [1.29, 1.82) is 5.41 Å². The van der Waals surface area contributed by atoms with Gasteiger partial charge >= 0.3 is 0 Å². The number of nitrogens with zero attached hydrogens (tertiary/aromatic N) is 1. The molecular weight excluding hydrogens is 258 g/mol. The van der Waals surface area contributed by atoms with Gasteiger partial charge in [0.05, 0.1) is 0 Å². The molecule has 3 nitrogen and oxygen atoms in total. The first-order valence-electron chi connectivity index (χ1n) is 7.04. The second-order valence-electron chi connectivity index (χ2n) is 5.15. The van der Waals surface area contributed by atoms with Crippen LogP contribution in [0.2, 0.25) is 5.02 Å². The zero-order valence-corrected chi connectivity index (χ0v) is 12.2. The minimum absolute atomic E-state index is 0.112. The Bertz CT molecular complexity index is 453. The molecule has 1 saturated carbocycles. The third-order valence-electron chi connectivity index (χ3n) is 3.92. The molecule has 1 fully saturated rings.